The summed E-state index contributed by atoms with van der Waals surface area (Å²) in [5.41, 5.74) is 10.4. The molecule has 0 saturated heterocycles. The summed E-state index contributed by atoms with van der Waals surface area (Å²) < 4.78 is 0. The first kappa shape index (κ1) is 49.0. The van der Waals surface area contributed by atoms with Gasteiger partial charge in [0.1, 0.15) is 0 Å². The van der Waals surface area contributed by atoms with Crippen LogP contribution in [0.4, 0.5) is 0 Å². The van der Waals surface area contributed by atoms with E-state index in [0.717, 1.165) is 89.5 Å². The Morgan fingerprint density at radius 3 is 0.545 bits per heavy atom. The van der Waals surface area contributed by atoms with Crippen molar-refractivity contribution in [1.82, 2.24) is 19.9 Å². The molecule has 0 saturated carbocycles. The van der Waals surface area contributed by atoms with Crippen molar-refractivity contribution in [2.75, 3.05) is 0 Å². The maximum atomic E-state index is 6.13. The molecule has 8 bridgehead atoms. The van der Waals surface area contributed by atoms with Gasteiger partial charge < -0.3 is 0 Å². The Labute approximate surface area is 465 Å². The molecule has 0 radical (unpaired) electrons. The van der Waals surface area contributed by atoms with Crippen LogP contribution in [0.25, 0.3) is 0 Å². The van der Waals surface area contributed by atoms with Crippen molar-refractivity contribution in [2.45, 2.75) is 21.7 Å². The van der Waals surface area contributed by atoms with Crippen LogP contribution in [-0.4, -0.2) is 19.9 Å². The number of hydrogen-bond acceptors (Lipinski definition) is 4. The average molecular weight is 1170 g/mol. The molecular formula is C72H50N4Pt. The molecule has 12 aromatic rings. The van der Waals surface area contributed by atoms with Crippen molar-refractivity contribution in [3.63, 3.8) is 0 Å². The predicted molar refractivity (Wildman–Crippen MR) is 302 cm³/mol. The minimum absolute atomic E-state index is 0. The third kappa shape index (κ3) is 7.77. The summed E-state index contributed by atoms with van der Waals surface area (Å²) >= 11 is 0. The van der Waals surface area contributed by atoms with Gasteiger partial charge in [0.05, 0.1) is 44.4 Å². The molecule has 77 heavy (non-hydrogen) atoms. The van der Waals surface area contributed by atoms with Crippen molar-refractivity contribution in [1.29, 1.82) is 0 Å². The molecule has 1 aliphatic rings. The zero-order chi connectivity index (χ0) is 50.8. The van der Waals surface area contributed by atoms with Gasteiger partial charge in [0.15, 0.2) is 0 Å². The maximum absolute atomic E-state index is 6.13. The van der Waals surface area contributed by atoms with Gasteiger partial charge in [0, 0.05) is 24.8 Å². The second kappa shape index (κ2) is 20.6. The fourth-order valence-electron chi connectivity index (χ4n) is 12.4. The summed E-state index contributed by atoms with van der Waals surface area (Å²) in [7, 11) is 0. The van der Waals surface area contributed by atoms with Gasteiger partial charge in [-0.3, -0.25) is 19.9 Å². The van der Waals surface area contributed by atoms with Crippen molar-refractivity contribution in [2.24, 2.45) is 0 Å². The van der Waals surface area contributed by atoms with Crippen LogP contribution in [0.1, 0.15) is 89.5 Å². The van der Waals surface area contributed by atoms with Crippen LogP contribution in [0.2, 0.25) is 0 Å². The first-order valence-corrected chi connectivity index (χ1v) is 25.9. The molecule has 5 heteroatoms. The molecule has 4 nitrogen and oxygen atoms in total. The van der Waals surface area contributed by atoms with Crippen LogP contribution in [0.3, 0.4) is 0 Å². The van der Waals surface area contributed by atoms with Gasteiger partial charge >= 0.3 is 21.1 Å². The number of fused-ring (bicyclic) bond motifs is 8. The van der Waals surface area contributed by atoms with Gasteiger partial charge in [-0.05, 0) is 44.5 Å². The summed E-state index contributed by atoms with van der Waals surface area (Å²) in [5, 5.41) is 0. The summed E-state index contributed by atoms with van der Waals surface area (Å²) in [6, 6.07) is 107. The van der Waals surface area contributed by atoms with Gasteiger partial charge in [0.2, 0.25) is 0 Å². The third-order valence-electron chi connectivity index (χ3n) is 15.7. The zero-order valence-corrected chi connectivity index (χ0v) is 44.2. The Balaban J connectivity index is 0.00000596. The fraction of sp³-hybridized carbons (Fsp3) is 0.0556. The summed E-state index contributed by atoms with van der Waals surface area (Å²) in [6.45, 7) is 0. The van der Waals surface area contributed by atoms with E-state index >= 15 is 0 Å². The SMILES string of the molecule is [Pt+2].[c-]1c2cccc1C(c1ccccc1)(c1ccccc1)c1cncc(n1)C(c1ccccc1)(c1ccccc1)c1[c-]c(ccc1)C(c1ccccc1)(c1ccccc1)c1cncc(n1)C2(c1ccccc1)c1ccccc1. The van der Waals surface area contributed by atoms with E-state index in [2.05, 4.69) is 291 Å². The number of hydrogen-bond donors (Lipinski definition) is 0. The minimum atomic E-state index is -1.06. The van der Waals surface area contributed by atoms with Crippen LogP contribution >= 0.6 is 0 Å². The monoisotopic (exact) mass is 1170 g/mol. The van der Waals surface area contributed by atoms with Gasteiger partial charge in [-0.25, -0.2) is 0 Å². The molecule has 3 heterocycles. The van der Waals surface area contributed by atoms with Crippen LogP contribution in [-0.2, 0) is 42.7 Å². The van der Waals surface area contributed by atoms with E-state index in [-0.39, 0.29) is 21.1 Å². The molecule has 0 unspecified atom stereocenters. The fourth-order valence-corrected chi connectivity index (χ4v) is 12.4. The van der Waals surface area contributed by atoms with Crippen molar-refractivity contribution >= 4 is 0 Å². The van der Waals surface area contributed by atoms with Gasteiger partial charge in [-0.1, -0.05) is 243 Å². The Morgan fingerprint density at radius 2 is 0.377 bits per heavy atom. The molecule has 10 aromatic carbocycles. The molecule has 2 aromatic heterocycles. The Kier molecular flexibility index (Phi) is 13.1. The molecule has 0 atom stereocenters. The topological polar surface area (TPSA) is 51.6 Å². The van der Waals surface area contributed by atoms with E-state index < -0.39 is 21.7 Å². The van der Waals surface area contributed by atoms with Gasteiger partial charge in [-0.15, -0.1) is 22.3 Å². The van der Waals surface area contributed by atoms with Crippen LogP contribution in [0.15, 0.2) is 304 Å². The van der Waals surface area contributed by atoms with Crippen molar-refractivity contribution in [3.8, 4) is 0 Å². The van der Waals surface area contributed by atoms with E-state index in [0.29, 0.717) is 0 Å². The van der Waals surface area contributed by atoms with Crippen LogP contribution in [0, 0.1) is 12.1 Å². The third-order valence-corrected chi connectivity index (χ3v) is 15.7. The van der Waals surface area contributed by atoms with Crippen LogP contribution in [0.5, 0.6) is 0 Å². The molecule has 1 aliphatic heterocycles. The van der Waals surface area contributed by atoms with E-state index in [1.807, 2.05) is 24.8 Å². The van der Waals surface area contributed by atoms with Crippen molar-refractivity contribution < 1.29 is 21.1 Å². The van der Waals surface area contributed by atoms with Crippen molar-refractivity contribution in [3.05, 3.63) is 406 Å². The predicted octanol–water partition coefficient (Wildman–Crippen LogP) is 14.7. The van der Waals surface area contributed by atoms with E-state index in [1.165, 1.54) is 0 Å². The standard InChI is InChI=1S/C72H50N4.Pt/c1-9-27-53(28-10-1)69(54-29-11-2-12-30-54)61-43-25-44-62(47-61)70(55-31-13-3-14-32-55,56-33-15-4-16-34-56)67-51-74-52-68(76-67)72(59-39-21-7-22-40-59,60-41-23-8-24-42-60)64-46-26-45-63(48-64)71(57-35-17-5-18-36-57,58-37-19-6-20-38-58)66-50-73-49-65(69)75-66;/h1-46,49-52H;/q-2;+2. The molecule has 13 rings (SSSR count). The number of aromatic nitrogens is 4. The second-order valence-corrected chi connectivity index (χ2v) is 19.5. The second-order valence-electron chi connectivity index (χ2n) is 19.5. The van der Waals surface area contributed by atoms with Crippen LogP contribution < -0.4 is 0 Å². The maximum Gasteiger partial charge on any atom is 2.00 e. The molecule has 0 spiro atoms. The number of benzene rings is 10. The zero-order valence-electron chi connectivity index (χ0n) is 42.0. The van der Waals surface area contributed by atoms with Gasteiger partial charge in [-0.2, -0.15) is 48.5 Å². The molecule has 0 amide bonds. The molecule has 0 aliphatic carbocycles. The Hall–Kier alpha value is -8.95. The van der Waals surface area contributed by atoms with E-state index in [4.69, 9.17) is 19.9 Å². The number of nitrogens with zero attached hydrogens (tertiary/aromatic N) is 4. The first-order chi connectivity index (χ1) is 37.7. The molecule has 0 fully saturated rings. The summed E-state index contributed by atoms with van der Waals surface area (Å²) in [6.07, 6.45) is 7.84. The van der Waals surface area contributed by atoms with E-state index in [1.54, 1.807) is 0 Å². The first-order valence-electron chi connectivity index (χ1n) is 25.9. The van der Waals surface area contributed by atoms with Gasteiger partial charge in [0.25, 0.3) is 0 Å². The quantitative estimate of drug-likeness (QED) is 0.142. The van der Waals surface area contributed by atoms with E-state index in [9.17, 15) is 0 Å². The largest absolute Gasteiger partial charge is 2.00 e. The molecule has 0 N–H and O–H groups in total. The Morgan fingerprint density at radius 1 is 0.208 bits per heavy atom. The average Bonchev–Trinajstić information content (AvgIpc) is 3.54. The normalized spacial score (nSPS) is 14.5. The number of rotatable bonds is 8. The summed E-state index contributed by atoms with van der Waals surface area (Å²) in [4.78, 5) is 22.9. The molecular weight excluding hydrogens is 1120 g/mol. The minimum Gasteiger partial charge on any atom is -0.261 e. The molecule has 368 valence electrons. The Bertz CT molecular complexity index is 3150. The summed E-state index contributed by atoms with van der Waals surface area (Å²) in [5.74, 6) is 0. The smallest absolute Gasteiger partial charge is 0.261 e.